The number of nitrogens with zero attached hydrogens (tertiary/aromatic N) is 1. The summed E-state index contributed by atoms with van der Waals surface area (Å²) in [6, 6.07) is 4.74. The number of ether oxygens (including phenoxy) is 2. The number of nitrogens with one attached hydrogen (secondary N) is 1. The van der Waals surface area contributed by atoms with Crippen molar-refractivity contribution < 1.29 is 14.4 Å². The van der Waals surface area contributed by atoms with Gasteiger partial charge < -0.3 is 14.9 Å². The summed E-state index contributed by atoms with van der Waals surface area (Å²) in [5.74, 6) is 5.71. The Bertz CT molecular complexity index is 438. The quantitative estimate of drug-likeness (QED) is 0.311. The molecule has 0 radical (unpaired) electrons. The van der Waals surface area contributed by atoms with Crippen LogP contribution in [0.2, 0.25) is 0 Å². The number of benzene rings is 1. The molecule has 7 heteroatoms. The molecule has 0 bridgehead atoms. The minimum Gasteiger partial charge on any atom is -0.379 e. The van der Waals surface area contributed by atoms with E-state index in [9.17, 15) is 10.1 Å². The van der Waals surface area contributed by atoms with E-state index >= 15 is 0 Å². The van der Waals surface area contributed by atoms with Gasteiger partial charge in [0.2, 0.25) is 0 Å². The van der Waals surface area contributed by atoms with Gasteiger partial charge in [-0.3, -0.25) is 16.0 Å². The monoisotopic (exact) mass is 283 g/mol. The van der Waals surface area contributed by atoms with Crippen LogP contribution in [0.4, 0.5) is 11.4 Å². The Hall–Kier alpha value is -1.70. The molecule has 0 saturated carbocycles. The smallest absolute Gasteiger partial charge is 0.294 e. The number of nitro groups is 1. The summed E-state index contributed by atoms with van der Waals surface area (Å²) in [5.41, 5.74) is 3.23. The van der Waals surface area contributed by atoms with Gasteiger partial charge in [0, 0.05) is 12.7 Å². The first-order chi connectivity index (χ1) is 9.54. The first-order valence-electron chi connectivity index (χ1n) is 6.44. The first kappa shape index (κ1) is 16.4. The van der Waals surface area contributed by atoms with Crippen LogP contribution in [0.25, 0.3) is 0 Å². The summed E-state index contributed by atoms with van der Waals surface area (Å²) in [6.45, 7) is 6.13. The SMILES string of the molecule is CC(C)COCCOCc1ccc(NN)c([N+](=O)[O-])c1. The average Bonchev–Trinajstić information content (AvgIpc) is 2.42. The number of nitrogen functional groups attached to an aromatic ring is 1. The Kier molecular flexibility index (Phi) is 6.92. The van der Waals surface area contributed by atoms with Crippen LogP contribution in [0.5, 0.6) is 0 Å². The molecule has 0 saturated heterocycles. The van der Waals surface area contributed by atoms with Gasteiger partial charge in [-0.05, 0) is 17.5 Å². The van der Waals surface area contributed by atoms with Crippen molar-refractivity contribution in [2.24, 2.45) is 11.8 Å². The average molecular weight is 283 g/mol. The second-order valence-corrected chi connectivity index (χ2v) is 4.77. The lowest BCUT2D eigenvalue weighted by Crippen LogP contribution is -2.10. The summed E-state index contributed by atoms with van der Waals surface area (Å²) < 4.78 is 10.8. The van der Waals surface area contributed by atoms with Gasteiger partial charge in [-0.25, -0.2) is 0 Å². The van der Waals surface area contributed by atoms with Crippen molar-refractivity contribution in [1.29, 1.82) is 0 Å². The van der Waals surface area contributed by atoms with Crippen LogP contribution in [0.1, 0.15) is 19.4 Å². The molecular weight excluding hydrogens is 262 g/mol. The molecule has 0 aliphatic carbocycles. The van der Waals surface area contributed by atoms with Gasteiger partial charge in [0.1, 0.15) is 5.69 Å². The predicted octanol–water partition coefficient (Wildman–Crippen LogP) is 2.07. The van der Waals surface area contributed by atoms with E-state index in [2.05, 4.69) is 19.3 Å². The summed E-state index contributed by atoms with van der Waals surface area (Å²) in [4.78, 5) is 10.4. The Balaban J connectivity index is 2.41. The molecular formula is C13H21N3O4. The van der Waals surface area contributed by atoms with Gasteiger partial charge in [-0.1, -0.05) is 19.9 Å². The molecule has 1 aromatic carbocycles. The van der Waals surface area contributed by atoms with Crippen molar-refractivity contribution in [2.75, 3.05) is 25.2 Å². The zero-order chi connectivity index (χ0) is 15.0. The van der Waals surface area contributed by atoms with Crippen molar-refractivity contribution in [2.45, 2.75) is 20.5 Å². The molecule has 0 spiro atoms. The molecule has 0 atom stereocenters. The molecule has 112 valence electrons. The van der Waals surface area contributed by atoms with E-state index in [-0.39, 0.29) is 11.4 Å². The van der Waals surface area contributed by atoms with Crippen LogP contribution in [-0.2, 0) is 16.1 Å². The summed E-state index contributed by atoms with van der Waals surface area (Å²) in [7, 11) is 0. The highest BCUT2D eigenvalue weighted by atomic mass is 16.6. The van der Waals surface area contributed by atoms with E-state index in [1.165, 1.54) is 6.07 Å². The number of nitro benzene ring substituents is 1. The molecule has 0 unspecified atom stereocenters. The summed E-state index contributed by atoms with van der Waals surface area (Å²) in [5, 5.41) is 10.9. The second kappa shape index (κ2) is 8.47. The Labute approximate surface area is 118 Å². The zero-order valence-corrected chi connectivity index (χ0v) is 11.8. The fourth-order valence-electron chi connectivity index (χ4n) is 1.57. The molecule has 0 heterocycles. The topological polar surface area (TPSA) is 99.7 Å². The number of anilines is 1. The lowest BCUT2D eigenvalue weighted by atomic mass is 10.2. The molecule has 0 aromatic heterocycles. The third kappa shape index (κ3) is 5.52. The maximum Gasteiger partial charge on any atom is 0.294 e. The minimum absolute atomic E-state index is 0.0651. The van der Waals surface area contributed by atoms with E-state index in [0.29, 0.717) is 32.3 Å². The molecule has 3 N–H and O–H groups in total. The molecule has 0 amide bonds. The first-order valence-corrected chi connectivity index (χ1v) is 6.44. The molecule has 20 heavy (non-hydrogen) atoms. The van der Waals surface area contributed by atoms with Crippen LogP contribution < -0.4 is 11.3 Å². The largest absolute Gasteiger partial charge is 0.379 e. The predicted molar refractivity (Wildman–Crippen MR) is 76.2 cm³/mol. The molecule has 1 rings (SSSR count). The van der Waals surface area contributed by atoms with E-state index in [1.54, 1.807) is 12.1 Å². The maximum atomic E-state index is 10.9. The Morgan fingerprint density at radius 2 is 2.05 bits per heavy atom. The Morgan fingerprint density at radius 1 is 1.35 bits per heavy atom. The molecule has 7 nitrogen and oxygen atoms in total. The molecule has 0 fully saturated rings. The van der Waals surface area contributed by atoms with Gasteiger partial charge in [0.25, 0.3) is 5.69 Å². The van der Waals surface area contributed by atoms with E-state index in [1.807, 2.05) is 0 Å². The molecule has 1 aromatic rings. The zero-order valence-electron chi connectivity index (χ0n) is 11.8. The summed E-state index contributed by atoms with van der Waals surface area (Å²) in [6.07, 6.45) is 0. The number of rotatable bonds is 9. The number of hydrazine groups is 1. The van der Waals surface area contributed by atoms with Crippen LogP contribution in [0.15, 0.2) is 18.2 Å². The van der Waals surface area contributed by atoms with Crippen molar-refractivity contribution in [1.82, 2.24) is 0 Å². The number of nitrogens with two attached hydrogens (primary N) is 1. The number of hydrogen-bond acceptors (Lipinski definition) is 6. The van der Waals surface area contributed by atoms with Crippen LogP contribution in [0, 0.1) is 16.0 Å². The third-order valence-corrected chi connectivity index (χ3v) is 2.51. The second-order valence-electron chi connectivity index (χ2n) is 4.77. The maximum absolute atomic E-state index is 10.9. The van der Waals surface area contributed by atoms with Crippen molar-refractivity contribution in [3.8, 4) is 0 Å². The fourth-order valence-corrected chi connectivity index (χ4v) is 1.57. The molecule has 0 aliphatic rings. The Morgan fingerprint density at radius 3 is 2.65 bits per heavy atom. The van der Waals surface area contributed by atoms with E-state index < -0.39 is 4.92 Å². The van der Waals surface area contributed by atoms with Gasteiger partial charge >= 0.3 is 0 Å². The van der Waals surface area contributed by atoms with E-state index in [4.69, 9.17) is 15.3 Å². The van der Waals surface area contributed by atoms with Crippen molar-refractivity contribution >= 4 is 11.4 Å². The van der Waals surface area contributed by atoms with Crippen LogP contribution in [-0.4, -0.2) is 24.7 Å². The normalized spacial score (nSPS) is 10.8. The lowest BCUT2D eigenvalue weighted by molar-refractivity contribution is -0.384. The van der Waals surface area contributed by atoms with Gasteiger partial charge in [0.15, 0.2) is 0 Å². The molecule has 0 aliphatic heterocycles. The van der Waals surface area contributed by atoms with E-state index in [0.717, 1.165) is 5.56 Å². The fraction of sp³-hybridized carbons (Fsp3) is 0.538. The van der Waals surface area contributed by atoms with Crippen molar-refractivity contribution in [3.63, 3.8) is 0 Å². The third-order valence-electron chi connectivity index (χ3n) is 2.51. The van der Waals surface area contributed by atoms with Crippen LogP contribution in [0.3, 0.4) is 0 Å². The van der Waals surface area contributed by atoms with Gasteiger partial charge in [0.05, 0.1) is 24.7 Å². The minimum atomic E-state index is -0.482. The highest BCUT2D eigenvalue weighted by Gasteiger charge is 2.13. The highest BCUT2D eigenvalue weighted by Crippen LogP contribution is 2.24. The van der Waals surface area contributed by atoms with Gasteiger partial charge in [-0.2, -0.15) is 0 Å². The highest BCUT2D eigenvalue weighted by molar-refractivity contribution is 5.61. The van der Waals surface area contributed by atoms with Crippen LogP contribution >= 0.6 is 0 Å². The standard InChI is InChI=1S/C13H21N3O4/c1-10(2)8-19-5-6-20-9-11-3-4-12(15-14)13(7-11)16(17)18/h3-4,7,10,15H,5-6,8-9,14H2,1-2H3. The summed E-state index contributed by atoms with van der Waals surface area (Å²) >= 11 is 0. The number of hydrogen-bond donors (Lipinski definition) is 2. The lowest BCUT2D eigenvalue weighted by Gasteiger charge is -2.08. The van der Waals surface area contributed by atoms with Gasteiger partial charge in [-0.15, -0.1) is 0 Å². The van der Waals surface area contributed by atoms with Crippen molar-refractivity contribution in [3.05, 3.63) is 33.9 Å².